The van der Waals surface area contributed by atoms with Crippen LogP contribution in [0.2, 0.25) is 0 Å². The first-order valence-electron chi connectivity index (χ1n) is 9.47. The van der Waals surface area contributed by atoms with Gasteiger partial charge in [-0.25, -0.2) is 0 Å². The highest BCUT2D eigenvalue weighted by Crippen LogP contribution is 2.32. The molecule has 0 N–H and O–H groups in total. The van der Waals surface area contributed by atoms with Gasteiger partial charge in [-0.05, 0) is 17.7 Å². The molecule has 0 saturated carbocycles. The molecule has 0 unspecified atom stereocenters. The van der Waals surface area contributed by atoms with Crippen molar-refractivity contribution in [2.45, 2.75) is 13.0 Å². The van der Waals surface area contributed by atoms with Gasteiger partial charge < -0.3 is 24.0 Å². The molecule has 4 rings (SSSR count). The van der Waals surface area contributed by atoms with E-state index in [1.165, 1.54) is 5.56 Å². The van der Waals surface area contributed by atoms with Crippen molar-refractivity contribution in [3.8, 4) is 11.5 Å². The molecule has 0 bridgehead atoms. The maximum Gasteiger partial charge on any atom is 0.231 e. The third-order valence-corrected chi connectivity index (χ3v) is 5.31. The summed E-state index contributed by atoms with van der Waals surface area (Å²) in [6, 6.07) is 6.18. The van der Waals surface area contributed by atoms with E-state index in [2.05, 4.69) is 21.9 Å². The van der Waals surface area contributed by atoms with Crippen LogP contribution in [0.1, 0.15) is 12.0 Å². The normalized spacial score (nSPS) is 21.2. The Kier molecular flexibility index (Phi) is 5.57. The Balaban J connectivity index is 1.18. The lowest BCUT2D eigenvalue weighted by Crippen LogP contribution is -2.47. The SMILES string of the molecule is O=C(CCN1CCN(Cc2ccc3c(c2)OCO3)CC1)N1CCOCC1. The van der Waals surface area contributed by atoms with Crippen LogP contribution in [0.4, 0.5) is 0 Å². The Morgan fingerprint density at radius 1 is 0.923 bits per heavy atom. The van der Waals surface area contributed by atoms with Crippen LogP contribution in [0.5, 0.6) is 11.5 Å². The molecule has 0 radical (unpaired) electrons. The van der Waals surface area contributed by atoms with Crippen molar-refractivity contribution < 1.29 is 19.0 Å². The van der Waals surface area contributed by atoms with Crippen LogP contribution in [0.25, 0.3) is 0 Å². The number of piperazine rings is 1. The number of ether oxygens (including phenoxy) is 3. The molecule has 0 aromatic heterocycles. The summed E-state index contributed by atoms with van der Waals surface area (Å²) in [6.07, 6.45) is 0.613. The molecule has 3 aliphatic rings. The number of rotatable bonds is 5. The lowest BCUT2D eigenvalue weighted by atomic mass is 10.1. The van der Waals surface area contributed by atoms with Crippen molar-refractivity contribution in [3.05, 3.63) is 23.8 Å². The van der Waals surface area contributed by atoms with Crippen molar-refractivity contribution in [1.29, 1.82) is 0 Å². The van der Waals surface area contributed by atoms with Gasteiger partial charge in [0.15, 0.2) is 11.5 Å². The summed E-state index contributed by atoms with van der Waals surface area (Å²) < 4.78 is 16.1. The molecule has 1 amide bonds. The standard InChI is InChI=1S/C19H27N3O4/c23-19(22-9-11-24-12-10-22)3-4-20-5-7-21(8-6-20)14-16-1-2-17-18(13-16)26-15-25-17/h1-2,13H,3-12,14-15H2. The van der Waals surface area contributed by atoms with Gasteiger partial charge in [-0.2, -0.15) is 0 Å². The maximum atomic E-state index is 12.3. The summed E-state index contributed by atoms with van der Waals surface area (Å²) in [5.74, 6) is 1.95. The van der Waals surface area contributed by atoms with E-state index < -0.39 is 0 Å². The molecular formula is C19H27N3O4. The van der Waals surface area contributed by atoms with Gasteiger partial charge in [0.05, 0.1) is 13.2 Å². The number of hydrogen-bond acceptors (Lipinski definition) is 6. The molecular weight excluding hydrogens is 334 g/mol. The van der Waals surface area contributed by atoms with E-state index in [9.17, 15) is 4.79 Å². The Morgan fingerprint density at radius 2 is 1.65 bits per heavy atom. The summed E-state index contributed by atoms with van der Waals surface area (Å²) >= 11 is 0. The zero-order valence-corrected chi connectivity index (χ0v) is 15.2. The minimum atomic E-state index is 0.260. The molecule has 1 aromatic rings. The fourth-order valence-corrected chi connectivity index (χ4v) is 3.69. The van der Waals surface area contributed by atoms with Gasteiger partial charge in [-0.3, -0.25) is 9.69 Å². The van der Waals surface area contributed by atoms with Gasteiger partial charge in [-0.1, -0.05) is 6.07 Å². The van der Waals surface area contributed by atoms with Gasteiger partial charge in [-0.15, -0.1) is 0 Å². The number of fused-ring (bicyclic) bond motifs is 1. The van der Waals surface area contributed by atoms with Gasteiger partial charge in [0.25, 0.3) is 0 Å². The fourth-order valence-electron chi connectivity index (χ4n) is 3.69. The van der Waals surface area contributed by atoms with Gasteiger partial charge >= 0.3 is 0 Å². The van der Waals surface area contributed by atoms with Crippen molar-refractivity contribution >= 4 is 5.91 Å². The lowest BCUT2D eigenvalue weighted by Gasteiger charge is -2.35. The fraction of sp³-hybridized carbons (Fsp3) is 0.632. The largest absolute Gasteiger partial charge is 0.454 e. The second-order valence-corrected chi connectivity index (χ2v) is 7.05. The Hall–Kier alpha value is -1.83. The third kappa shape index (κ3) is 4.28. The second kappa shape index (κ2) is 8.24. The van der Waals surface area contributed by atoms with E-state index in [1.807, 2.05) is 11.0 Å². The van der Waals surface area contributed by atoms with Crippen LogP contribution < -0.4 is 9.47 Å². The van der Waals surface area contributed by atoms with Crippen LogP contribution in [-0.4, -0.2) is 86.4 Å². The quantitative estimate of drug-likeness (QED) is 0.773. The summed E-state index contributed by atoms with van der Waals surface area (Å²) in [7, 11) is 0. The Bertz CT molecular complexity index is 625. The highest BCUT2D eigenvalue weighted by Gasteiger charge is 2.21. The monoisotopic (exact) mass is 361 g/mol. The first-order chi connectivity index (χ1) is 12.8. The topological polar surface area (TPSA) is 54.5 Å². The summed E-state index contributed by atoms with van der Waals surface area (Å²) in [6.45, 7) is 9.01. The molecule has 7 heteroatoms. The summed E-state index contributed by atoms with van der Waals surface area (Å²) in [4.78, 5) is 19.0. The maximum absolute atomic E-state index is 12.3. The lowest BCUT2D eigenvalue weighted by molar-refractivity contribution is -0.135. The van der Waals surface area contributed by atoms with Crippen LogP contribution in [0, 0.1) is 0 Å². The number of morpholine rings is 1. The van der Waals surface area contributed by atoms with E-state index >= 15 is 0 Å². The van der Waals surface area contributed by atoms with Crippen LogP contribution >= 0.6 is 0 Å². The highest BCUT2D eigenvalue weighted by atomic mass is 16.7. The number of hydrogen-bond donors (Lipinski definition) is 0. The third-order valence-electron chi connectivity index (χ3n) is 5.31. The number of nitrogens with zero attached hydrogens (tertiary/aromatic N) is 3. The van der Waals surface area contributed by atoms with Crippen molar-refractivity contribution in [3.63, 3.8) is 0 Å². The predicted molar refractivity (Wildman–Crippen MR) is 96.3 cm³/mol. The molecule has 26 heavy (non-hydrogen) atoms. The first kappa shape index (κ1) is 17.6. The van der Waals surface area contributed by atoms with Crippen molar-refractivity contribution in [2.75, 3.05) is 65.8 Å². The van der Waals surface area contributed by atoms with E-state index in [0.717, 1.165) is 63.9 Å². The zero-order chi connectivity index (χ0) is 17.8. The van der Waals surface area contributed by atoms with Crippen molar-refractivity contribution in [1.82, 2.24) is 14.7 Å². The summed E-state index contributed by atoms with van der Waals surface area (Å²) in [5, 5.41) is 0. The van der Waals surface area contributed by atoms with Crippen LogP contribution in [0.3, 0.4) is 0 Å². The predicted octanol–water partition coefficient (Wildman–Crippen LogP) is 0.782. The average molecular weight is 361 g/mol. The van der Waals surface area contributed by atoms with E-state index in [0.29, 0.717) is 26.4 Å². The first-order valence-corrected chi connectivity index (χ1v) is 9.47. The zero-order valence-electron chi connectivity index (χ0n) is 15.2. The second-order valence-electron chi connectivity index (χ2n) is 7.05. The minimum Gasteiger partial charge on any atom is -0.454 e. The van der Waals surface area contributed by atoms with Crippen molar-refractivity contribution in [2.24, 2.45) is 0 Å². The molecule has 142 valence electrons. The molecule has 2 saturated heterocycles. The van der Waals surface area contributed by atoms with E-state index in [-0.39, 0.29) is 5.91 Å². The van der Waals surface area contributed by atoms with Gasteiger partial charge in [0.1, 0.15) is 0 Å². The molecule has 1 aromatic carbocycles. The number of carbonyl (C=O) groups excluding carboxylic acids is 1. The molecule has 2 fully saturated rings. The van der Waals surface area contributed by atoms with Crippen LogP contribution in [-0.2, 0) is 16.1 Å². The number of amides is 1. The van der Waals surface area contributed by atoms with E-state index in [4.69, 9.17) is 14.2 Å². The molecule has 3 aliphatic heterocycles. The molecule has 0 atom stereocenters. The Labute approximate surface area is 154 Å². The molecule has 7 nitrogen and oxygen atoms in total. The highest BCUT2D eigenvalue weighted by molar-refractivity contribution is 5.76. The average Bonchev–Trinajstić information content (AvgIpc) is 3.16. The van der Waals surface area contributed by atoms with Crippen LogP contribution in [0.15, 0.2) is 18.2 Å². The molecule has 0 spiro atoms. The van der Waals surface area contributed by atoms with Gasteiger partial charge in [0, 0.05) is 58.8 Å². The molecule has 3 heterocycles. The number of carbonyl (C=O) groups is 1. The smallest absolute Gasteiger partial charge is 0.231 e. The van der Waals surface area contributed by atoms with E-state index in [1.54, 1.807) is 0 Å². The van der Waals surface area contributed by atoms with Gasteiger partial charge in [0.2, 0.25) is 12.7 Å². The summed E-state index contributed by atoms with van der Waals surface area (Å²) in [5.41, 5.74) is 1.25. The number of benzene rings is 1. The minimum absolute atomic E-state index is 0.260. The Morgan fingerprint density at radius 3 is 2.46 bits per heavy atom. The molecule has 0 aliphatic carbocycles.